The topological polar surface area (TPSA) is 84.6 Å². The molecule has 8 heteroatoms. The molecular weight excluding hydrogens is 385 g/mol. The molecule has 0 unspecified atom stereocenters. The molecule has 0 aliphatic rings. The van der Waals surface area contributed by atoms with Crippen LogP contribution in [0.4, 0.5) is 0 Å². The summed E-state index contributed by atoms with van der Waals surface area (Å²) in [6.07, 6.45) is 1.09. The van der Waals surface area contributed by atoms with Crippen molar-refractivity contribution in [1.82, 2.24) is 20.8 Å². The molecule has 0 amide bonds. The number of hydrogen-bond donors (Lipinski definition) is 2. The van der Waals surface area contributed by atoms with E-state index < -0.39 is 0 Å². The Kier molecular flexibility index (Phi) is 11.2. The molecule has 7 nitrogen and oxygen atoms in total. The third-order valence-corrected chi connectivity index (χ3v) is 2.58. The van der Waals surface area contributed by atoms with Crippen molar-refractivity contribution in [3.63, 3.8) is 0 Å². The summed E-state index contributed by atoms with van der Waals surface area (Å²) in [5, 5.41) is 9.98. The molecule has 1 aromatic heterocycles. The van der Waals surface area contributed by atoms with Crippen LogP contribution in [0.15, 0.2) is 9.52 Å². The maximum absolute atomic E-state index is 5.52. The van der Waals surface area contributed by atoms with Gasteiger partial charge in [0.25, 0.3) is 0 Å². The molecule has 1 aromatic rings. The van der Waals surface area contributed by atoms with E-state index in [2.05, 4.69) is 39.6 Å². The van der Waals surface area contributed by atoms with E-state index in [1.807, 2.05) is 0 Å². The monoisotopic (exact) mass is 411 g/mol. The van der Waals surface area contributed by atoms with E-state index in [0.717, 1.165) is 13.0 Å². The first-order chi connectivity index (χ1) is 9.61. The van der Waals surface area contributed by atoms with Gasteiger partial charge in [-0.25, -0.2) is 0 Å². The molecule has 0 aliphatic carbocycles. The van der Waals surface area contributed by atoms with E-state index in [1.165, 1.54) is 0 Å². The van der Waals surface area contributed by atoms with Crippen LogP contribution in [0.3, 0.4) is 0 Å². The van der Waals surface area contributed by atoms with Gasteiger partial charge in [-0.2, -0.15) is 4.98 Å². The van der Waals surface area contributed by atoms with Crippen molar-refractivity contribution in [1.29, 1.82) is 0 Å². The van der Waals surface area contributed by atoms with Gasteiger partial charge in [0.15, 0.2) is 11.8 Å². The Labute approximate surface area is 143 Å². The van der Waals surface area contributed by atoms with Crippen LogP contribution in [0.2, 0.25) is 0 Å². The van der Waals surface area contributed by atoms with E-state index in [4.69, 9.17) is 9.26 Å². The average Bonchev–Trinajstić information content (AvgIpc) is 2.82. The minimum Gasteiger partial charge on any atom is -0.380 e. The SMILES string of the molecule is CN=C(NCCOCCC(C)C)NCc1nc(C)no1.I. The van der Waals surface area contributed by atoms with Gasteiger partial charge in [0.2, 0.25) is 5.89 Å². The van der Waals surface area contributed by atoms with E-state index >= 15 is 0 Å². The zero-order valence-corrected chi connectivity index (χ0v) is 15.5. The molecule has 1 heterocycles. The molecule has 1 rings (SSSR count). The number of nitrogens with zero attached hydrogens (tertiary/aromatic N) is 3. The van der Waals surface area contributed by atoms with Crippen molar-refractivity contribution < 1.29 is 9.26 Å². The highest BCUT2D eigenvalue weighted by molar-refractivity contribution is 14.0. The van der Waals surface area contributed by atoms with Crippen LogP contribution in [0, 0.1) is 12.8 Å². The lowest BCUT2D eigenvalue weighted by atomic mass is 10.1. The molecule has 2 N–H and O–H groups in total. The lowest BCUT2D eigenvalue weighted by Gasteiger charge is -2.11. The molecule has 21 heavy (non-hydrogen) atoms. The summed E-state index contributed by atoms with van der Waals surface area (Å²) >= 11 is 0. The molecule has 122 valence electrons. The second kappa shape index (κ2) is 11.7. The first-order valence-corrected chi connectivity index (χ1v) is 6.93. The highest BCUT2D eigenvalue weighted by Gasteiger charge is 2.03. The Morgan fingerprint density at radius 3 is 2.67 bits per heavy atom. The Balaban J connectivity index is 0.00000400. The van der Waals surface area contributed by atoms with Gasteiger partial charge in [-0.05, 0) is 19.3 Å². The number of aliphatic imine (C=N–C) groups is 1. The molecule has 0 atom stereocenters. The largest absolute Gasteiger partial charge is 0.380 e. The van der Waals surface area contributed by atoms with Gasteiger partial charge in [-0.15, -0.1) is 24.0 Å². The first kappa shape index (κ1) is 20.1. The fourth-order valence-corrected chi connectivity index (χ4v) is 1.45. The molecule has 0 aliphatic heterocycles. The Morgan fingerprint density at radius 2 is 2.10 bits per heavy atom. The van der Waals surface area contributed by atoms with Crippen LogP contribution >= 0.6 is 24.0 Å². The van der Waals surface area contributed by atoms with Crippen LogP contribution in [-0.4, -0.2) is 42.9 Å². The van der Waals surface area contributed by atoms with Crippen molar-refractivity contribution in [2.24, 2.45) is 10.9 Å². The zero-order chi connectivity index (χ0) is 14.8. The molecule has 0 fully saturated rings. The average molecular weight is 411 g/mol. The third-order valence-electron chi connectivity index (χ3n) is 2.58. The van der Waals surface area contributed by atoms with E-state index in [0.29, 0.717) is 43.3 Å². The predicted molar refractivity (Wildman–Crippen MR) is 92.9 cm³/mol. The third kappa shape index (κ3) is 9.62. The molecule has 0 saturated heterocycles. The number of hydrogen-bond acceptors (Lipinski definition) is 5. The normalized spacial score (nSPS) is 11.4. The van der Waals surface area contributed by atoms with Crippen molar-refractivity contribution in [2.75, 3.05) is 26.8 Å². The Bertz CT molecular complexity index is 409. The molecule has 0 spiro atoms. The number of aryl methyl sites for hydroxylation is 1. The van der Waals surface area contributed by atoms with Gasteiger partial charge >= 0.3 is 0 Å². The van der Waals surface area contributed by atoms with Gasteiger partial charge < -0.3 is 19.9 Å². The standard InChI is InChI=1S/C13H25N5O2.HI/c1-10(2)5-7-19-8-6-15-13(14-4)16-9-12-17-11(3)18-20-12;/h10H,5-9H2,1-4H3,(H2,14,15,16);1H. The van der Waals surface area contributed by atoms with Gasteiger partial charge in [-0.1, -0.05) is 19.0 Å². The van der Waals surface area contributed by atoms with Crippen LogP contribution in [-0.2, 0) is 11.3 Å². The highest BCUT2D eigenvalue weighted by atomic mass is 127. The quantitative estimate of drug-likeness (QED) is 0.293. The van der Waals surface area contributed by atoms with Gasteiger partial charge in [0.1, 0.15) is 0 Å². The lowest BCUT2D eigenvalue weighted by Crippen LogP contribution is -2.38. The maximum atomic E-state index is 5.52. The van der Waals surface area contributed by atoms with E-state index in [1.54, 1.807) is 14.0 Å². The minimum absolute atomic E-state index is 0. The summed E-state index contributed by atoms with van der Waals surface area (Å²) in [6.45, 7) is 8.78. The van der Waals surface area contributed by atoms with E-state index in [-0.39, 0.29) is 24.0 Å². The highest BCUT2D eigenvalue weighted by Crippen LogP contribution is 1.98. The molecule has 0 aromatic carbocycles. The van der Waals surface area contributed by atoms with Crippen LogP contribution in [0.5, 0.6) is 0 Å². The Hall–Kier alpha value is -0.900. The van der Waals surface area contributed by atoms with Gasteiger partial charge in [0.05, 0.1) is 13.2 Å². The maximum Gasteiger partial charge on any atom is 0.246 e. The summed E-state index contributed by atoms with van der Waals surface area (Å²) in [4.78, 5) is 8.21. The van der Waals surface area contributed by atoms with Crippen molar-refractivity contribution in [2.45, 2.75) is 33.7 Å². The van der Waals surface area contributed by atoms with Crippen molar-refractivity contribution in [3.8, 4) is 0 Å². The summed E-state index contributed by atoms with van der Waals surface area (Å²) < 4.78 is 10.5. The number of halogens is 1. The zero-order valence-electron chi connectivity index (χ0n) is 13.2. The summed E-state index contributed by atoms with van der Waals surface area (Å²) in [7, 11) is 1.72. The summed E-state index contributed by atoms with van der Waals surface area (Å²) in [5.74, 6) is 2.53. The molecular formula is C13H26IN5O2. The Morgan fingerprint density at radius 1 is 1.33 bits per heavy atom. The van der Waals surface area contributed by atoms with Gasteiger partial charge in [-0.3, -0.25) is 4.99 Å². The van der Waals surface area contributed by atoms with Crippen LogP contribution in [0.1, 0.15) is 32.0 Å². The lowest BCUT2D eigenvalue weighted by molar-refractivity contribution is 0.128. The van der Waals surface area contributed by atoms with E-state index in [9.17, 15) is 0 Å². The number of ether oxygens (including phenoxy) is 1. The fraction of sp³-hybridized carbons (Fsp3) is 0.769. The number of aromatic nitrogens is 2. The number of guanidine groups is 1. The predicted octanol–water partition coefficient (Wildman–Crippen LogP) is 1.72. The smallest absolute Gasteiger partial charge is 0.246 e. The van der Waals surface area contributed by atoms with Crippen molar-refractivity contribution >= 4 is 29.9 Å². The van der Waals surface area contributed by atoms with Gasteiger partial charge in [0, 0.05) is 20.2 Å². The summed E-state index contributed by atoms with van der Waals surface area (Å²) in [6, 6.07) is 0. The minimum atomic E-state index is 0. The number of nitrogens with one attached hydrogen (secondary N) is 2. The second-order valence-corrected chi connectivity index (χ2v) is 4.88. The first-order valence-electron chi connectivity index (χ1n) is 6.93. The second-order valence-electron chi connectivity index (χ2n) is 4.88. The van der Waals surface area contributed by atoms with Crippen LogP contribution in [0.25, 0.3) is 0 Å². The molecule has 0 saturated carbocycles. The van der Waals surface area contributed by atoms with Crippen molar-refractivity contribution in [3.05, 3.63) is 11.7 Å². The van der Waals surface area contributed by atoms with Crippen LogP contribution < -0.4 is 10.6 Å². The fourth-order valence-electron chi connectivity index (χ4n) is 1.45. The molecule has 0 bridgehead atoms. The molecule has 0 radical (unpaired) electrons. The number of rotatable bonds is 8. The summed E-state index contributed by atoms with van der Waals surface area (Å²) in [5.41, 5.74) is 0.